The van der Waals surface area contributed by atoms with Gasteiger partial charge in [0, 0.05) is 35.9 Å². The third-order valence-electron chi connectivity index (χ3n) is 5.37. The molecule has 2 aromatic carbocycles. The van der Waals surface area contributed by atoms with Gasteiger partial charge in [-0.05, 0) is 48.7 Å². The van der Waals surface area contributed by atoms with Crippen molar-refractivity contribution in [2.45, 2.75) is 37.0 Å². The zero-order valence-electron chi connectivity index (χ0n) is 16.2. The molecule has 0 saturated carbocycles. The van der Waals surface area contributed by atoms with E-state index in [9.17, 15) is 13.2 Å². The highest BCUT2D eigenvalue weighted by atomic mass is 32.2. The molecule has 0 spiro atoms. The van der Waals surface area contributed by atoms with E-state index >= 15 is 0 Å². The van der Waals surface area contributed by atoms with Crippen LogP contribution in [0, 0.1) is 0 Å². The Bertz CT molecular complexity index is 1100. The summed E-state index contributed by atoms with van der Waals surface area (Å²) in [5.74, 6) is -0.141. The van der Waals surface area contributed by atoms with Gasteiger partial charge in [-0.25, -0.2) is 8.42 Å². The van der Waals surface area contributed by atoms with Crippen molar-refractivity contribution in [3.8, 4) is 0 Å². The molecule has 1 aliphatic heterocycles. The number of benzene rings is 2. The van der Waals surface area contributed by atoms with Gasteiger partial charge in [-0.2, -0.15) is 4.31 Å². The Balaban J connectivity index is 1.43. The summed E-state index contributed by atoms with van der Waals surface area (Å²) in [6.07, 6.45) is 6.06. The molecule has 0 atom stereocenters. The molecule has 1 fully saturated rings. The fourth-order valence-electron chi connectivity index (χ4n) is 3.80. The van der Waals surface area contributed by atoms with E-state index in [0.29, 0.717) is 18.8 Å². The average molecular weight is 412 g/mol. The first kappa shape index (κ1) is 19.7. The van der Waals surface area contributed by atoms with E-state index in [1.165, 1.54) is 0 Å². The monoisotopic (exact) mass is 411 g/mol. The van der Waals surface area contributed by atoms with Gasteiger partial charge in [0.1, 0.15) is 0 Å². The summed E-state index contributed by atoms with van der Waals surface area (Å²) in [7, 11) is -3.48. The largest absolute Gasteiger partial charge is 0.361 e. The van der Waals surface area contributed by atoms with E-state index < -0.39 is 10.0 Å². The number of nitrogens with one attached hydrogen (secondary N) is 2. The Hall–Kier alpha value is -2.64. The summed E-state index contributed by atoms with van der Waals surface area (Å²) in [4.78, 5) is 15.9. The molecule has 1 amide bonds. The molecule has 0 unspecified atom stereocenters. The van der Waals surface area contributed by atoms with Crippen LogP contribution in [0.4, 0.5) is 5.69 Å². The molecule has 29 heavy (non-hydrogen) atoms. The van der Waals surface area contributed by atoms with Crippen molar-refractivity contribution in [2.75, 3.05) is 18.4 Å². The van der Waals surface area contributed by atoms with Crippen LogP contribution in [0.1, 0.15) is 31.2 Å². The van der Waals surface area contributed by atoms with Gasteiger partial charge < -0.3 is 10.3 Å². The van der Waals surface area contributed by atoms with E-state index in [1.54, 1.807) is 28.6 Å². The van der Waals surface area contributed by atoms with Gasteiger partial charge in [0.2, 0.25) is 15.9 Å². The molecule has 1 saturated heterocycles. The summed E-state index contributed by atoms with van der Waals surface area (Å²) in [5, 5.41) is 3.88. The molecule has 4 rings (SSSR count). The summed E-state index contributed by atoms with van der Waals surface area (Å²) in [5.41, 5.74) is 2.52. The van der Waals surface area contributed by atoms with Crippen LogP contribution >= 0.6 is 0 Å². The van der Waals surface area contributed by atoms with Crippen molar-refractivity contribution < 1.29 is 13.2 Å². The van der Waals surface area contributed by atoms with Crippen molar-refractivity contribution in [2.24, 2.45) is 0 Å². The van der Waals surface area contributed by atoms with Gasteiger partial charge in [-0.1, -0.05) is 31.0 Å². The van der Waals surface area contributed by atoms with Crippen LogP contribution < -0.4 is 5.32 Å². The number of carbonyl (C=O) groups excluding carboxylic acids is 1. The molecule has 1 aromatic heterocycles. The lowest BCUT2D eigenvalue weighted by Crippen LogP contribution is -2.31. The van der Waals surface area contributed by atoms with Gasteiger partial charge in [-0.3, -0.25) is 4.79 Å². The predicted octanol–water partition coefficient (Wildman–Crippen LogP) is 3.91. The maximum absolute atomic E-state index is 12.8. The number of anilines is 1. The van der Waals surface area contributed by atoms with Crippen LogP contribution in [0.2, 0.25) is 0 Å². The van der Waals surface area contributed by atoms with Crippen LogP contribution in [0.15, 0.2) is 59.6 Å². The van der Waals surface area contributed by atoms with E-state index in [1.807, 2.05) is 30.5 Å². The predicted molar refractivity (Wildman–Crippen MR) is 114 cm³/mol. The minimum atomic E-state index is -3.48. The SMILES string of the molecule is O=C(Cc1c[nH]c2ccccc12)Nc1ccc(S(=O)(=O)N2CCCCCC2)cc1. The van der Waals surface area contributed by atoms with Crippen LogP contribution in [-0.4, -0.2) is 36.7 Å². The molecule has 152 valence electrons. The molecule has 6 nitrogen and oxygen atoms in total. The highest BCUT2D eigenvalue weighted by Crippen LogP contribution is 2.22. The highest BCUT2D eigenvalue weighted by molar-refractivity contribution is 7.89. The number of hydrogen-bond donors (Lipinski definition) is 2. The van der Waals surface area contributed by atoms with Gasteiger partial charge in [-0.15, -0.1) is 0 Å². The second-order valence-electron chi connectivity index (χ2n) is 7.43. The van der Waals surface area contributed by atoms with Crippen molar-refractivity contribution in [3.63, 3.8) is 0 Å². The van der Waals surface area contributed by atoms with Crippen LogP contribution in [0.3, 0.4) is 0 Å². The maximum atomic E-state index is 12.8. The molecule has 2 heterocycles. The number of H-pyrrole nitrogens is 1. The first-order chi connectivity index (χ1) is 14.0. The minimum Gasteiger partial charge on any atom is -0.361 e. The zero-order valence-corrected chi connectivity index (χ0v) is 17.0. The number of para-hydroxylation sites is 1. The summed E-state index contributed by atoms with van der Waals surface area (Å²) < 4.78 is 27.3. The lowest BCUT2D eigenvalue weighted by Gasteiger charge is -2.20. The molecule has 7 heteroatoms. The second kappa shape index (κ2) is 8.39. The quantitative estimate of drug-likeness (QED) is 0.668. The van der Waals surface area contributed by atoms with Crippen molar-refractivity contribution in [3.05, 3.63) is 60.3 Å². The zero-order chi connectivity index (χ0) is 20.3. The Kier molecular flexibility index (Phi) is 5.69. The molecule has 0 radical (unpaired) electrons. The van der Waals surface area contributed by atoms with Gasteiger partial charge in [0.05, 0.1) is 11.3 Å². The fraction of sp³-hybridized carbons (Fsp3) is 0.318. The van der Waals surface area contributed by atoms with Gasteiger partial charge in [0.25, 0.3) is 0 Å². The molecule has 0 bridgehead atoms. The molecule has 0 aliphatic carbocycles. The highest BCUT2D eigenvalue weighted by Gasteiger charge is 2.25. The normalized spacial score (nSPS) is 15.9. The first-order valence-electron chi connectivity index (χ1n) is 9.99. The topological polar surface area (TPSA) is 82.3 Å². The molecule has 1 aliphatic rings. The Labute approximate surface area is 171 Å². The smallest absolute Gasteiger partial charge is 0.243 e. The molecular formula is C22H25N3O3S. The standard InChI is InChI=1S/C22H25N3O3S/c26-22(15-17-16-23-21-8-4-3-7-20(17)21)24-18-9-11-19(12-10-18)29(27,28)25-13-5-1-2-6-14-25/h3-4,7-12,16,23H,1-2,5-6,13-15H2,(H,24,26). The third kappa shape index (κ3) is 4.36. The lowest BCUT2D eigenvalue weighted by atomic mass is 10.1. The Morgan fingerprint density at radius 2 is 1.66 bits per heavy atom. The number of hydrogen-bond acceptors (Lipinski definition) is 3. The van der Waals surface area contributed by atoms with Crippen molar-refractivity contribution >= 4 is 32.5 Å². The Morgan fingerprint density at radius 3 is 2.38 bits per heavy atom. The second-order valence-corrected chi connectivity index (χ2v) is 9.37. The summed E-state index contributed by atoms with van der Waals surface area (Å²) in [6.45, 7) is 1.15. The average Bonchev–Trinajstić information content (AvgIpc) is 2.92. The number of sulfonamides is 1. The third-order valence-corrected chi connectivity index (χ3v) is 7.28. The van der Waals surface area contributed by atoms with E-state index in [-0.39, 0.29) is 17.2 Å². The first-order valence-corrected chi connectivity index (χ1v) is 11.4. The minimum absolute atomic E-state index is 0.141. The summed E-state index contributed by atoms with van der Waals surface area (Å²) >= 11 is 0. The van der Waals surface area contributed by atoms with Crippen LogP contribution in [-0.2, 0) is 21.2 Å². The van der Waals surface area contributed by atoms with Crippen molar-refractivity contribution in [1.82, 2.24) is 9.29 Å². The number of amides is 1. The number of nitrogens with zero attached hydrogens (tertiary/aromatic N) is 1. The van der Waals surface area contributed by atoms with E-state index in [0.717, 1.165) is 42.1 Å². The summed E-state index contributed by atoms with van der Waals surface area (Å²) in [6, 6.07) is 14.3. The lowest BCUT2D eigenvalue weighted by molar-refractivity contribution is -0.115. The number of carbonyl (C=O) groups is 1. The van der Waals surface area contributed by atoms with E-state index in [4.69, 9.17) is 0 Å². The maximum Gasteiger partial charge on any atom is 0.243 e. The van der Waals surface area contributed by atoms with Crippen LogP contribution in [0.25, 0.3) is 10.9 Å². The molecule has 2 N–H and O–H groups in total. The van der Waals surface area contributed by atoms with E-state index in [2.05, 4.69) is 10.3 Å². The number of aromatic nitrogens is 1. The van der Waals surface area contributed by atoms with Gasteiger partial charge in [0.15, 0.2) is 0 Å². The number of aromatic amines is 1. The molecular weight excluding hydrogens is 386 g/mol. The molecule has 3 aromatic rings. The van der Waals surface area contributed by atoms with Crippen LogP contribution in [0.5, 0.6) is 0 Å². The van der Waals surface area contributed by atoms with Crippen molar-refractivity contribution in [1.29, 1.82) is 0 Å². The number of rotatable bonds is 5. The number of fused-ring (bicyclic) bond motifs is 1. The Morgan fingerprint density at radius 1 is 0.966 bits per heavy atom. The van der Waals surface area contributed by atoms with Gasteiger partial charge >= 0.3 is 0 Å². The fourth-order valence-corrected chi connectivity index (χ4v) is 5.31.